The lowest BCUT2D eigenvalue weighted by atomic mass is 10.1. The number of likely N-dealkylation sites (N-methyl/N-ethyl adjacent to an activating group) is 1. The summed E-state index contributed by atoms with van der Waals surface area (Å²) in [5.41, 5.74) is 2.96. The number of carboxylic acid groups (broad SMARTS) is 1. The molecule has 1 amide bonds. The molecule has 0 aliphatic heterocycles. The topological polar surface area (TPSA) is 69.6 Å². The van der Waals surface area contributed by atoms with Crippen LogP contribution in [0.2, 0.25) is 0 Å². The highest BCUT2D eigenvalue weighted by Gasteiger charge is 2.09. The number of hydrogen-bond acceptors (Lipinski definition) is 3. The number of carbonyl (C=O) groups excluding carboxylic acids is 1. The summed E-state index contributed by atoms with van der Waals surface area (Å²) in [6.45, 7) is 4.48. The first-order valence-electron chi connectivity index (χ1n) is 6.16. The predicted octanol–water partition coefficient (Wildman–Crippen LogP) is 2.07. The van der Waals surface area contributed by atoms with Crippen molar-refractivity contribution >= 4 is 30.0 Å². The zero-order valence-corrected chi connectivity index (χ0v) is 12.8. The third-order valence-electron chi connectivity index (χ3n) is 2.78. The molecule has 1 rings (SSSR count). The van der Waals surface area contributed by atoms with Crippen LogP contribution in [0.25, 0.3) is 0 Å². The number of carboxylic acids is 1. The number of anilines is 1. The second-order valence-corrected chi connectivity index (χ2v) is 4.75. The SMILES string of the molecule is Cc1ccc(NC(=O)CN(C)CCC(=O)O)c(C)c1.Cl. The number of nitrogens with zero attached hydrogens (tertiary/aromatic N) is 1. The molecule has 0 aliphatic carbocycles. The molecule has 0 radical (unpaired) electrons. The fourth-order valence-electron chi connectivity index (χ4n) is 1.75. The molecule has 0 bridgehead atoms. The number of aryl methyl sites for hydroxylation is 2. The van der Waals surface area contributed by atoms with Crippen LogP contribution in [0.1, 0.15) is 17.5 Å². The lowest BCUT2D eigenvalue weighted by molar-refractivity contribution is -0.137. The summed E-state index contributed by atoms with van der Waals surface area (Å²) in [4.78, 5) is 23.9. The number of amides is 1. The van der Waals surface area contributed by atoms with Crippen molar-refractivity contribution in [3.05, 3.63) is 29.3 Å². The quantitative estimate of drug-likeness (QED) is 0.844. The van der Waals surface area contributed by atoms with Gasteiger partial charge in [0.15, 0.2) is 0 Å². The van der Waals surface area contributed by atoms with Gasteiger partial charge in [0, 0.05) is 12.2 Å². The van der Waals surface area contributed by atoms with Crippen LogP contribution in [0.5, 0.6) is 0 Å². The van der Waals surface area contributed by atoms with Crippen LogP contribution in [0.15, 0.2) is 18.2 Å². The minimum absolute atomic E-state index is 0. The largest absolute Gasteiger partial charge is 0.481 e. The van der Waals surface area contributed by atoms with Crippen molar-refractivity contribution in [2.24, 2.45) is 0 Å². The molecule has 0 atom stereocenters. The molecule has 0 spiro atoms. The average molecular weight is 301 g/mol. The molecule has 0 fully saturated rings. The van der Waals surface area contributed by atoms with Crippen LogP contribution >= 0.6 is 12.4 Å². The van der Waals surface area contributed by atoms with Crippen molar-refractivity contribution in [3.8, 4) is 0 Å². The van der Waals surface area contributed by atoms with Crippen molar-refractivity contribution < 1.29 is 14.7 Å². The highest BCUT2D eigenvalue weighted by atomic mass is 35.5. The molecule has 2 N–H and O–H groups in total. The van der Waals surface area contributed by atoms with Gasteiger partial charge >= 0.3 is 5.97 Å². The van der Waals surface area contributed by atoms with Crippen molar-refractivity contribution in [2.45, 2.75) is 20.3 Å². The summed E-state index contributed by atoms with van der Waals surface area (Å²) in [7, 11) is 1.73. The average Bonchev–Trinajstić information content (AvgIpc) is 2.30. The van der Waals surface area contributed by atoms with E-state index in [0.29, 0.717) is 6.54 Å². The Bertz CT molecular complexity index is 477. The highest BCUT2D eigenvalue weighted by molar-refractivity contribution is 5.93. The Morgan fingerprint density at radius 1 is 1.30 bits per heavy atom. The summed E-state index contributed by atoms with van der Waals surface area (Å²) < 4.78 is 0. The number of aliphatic carboxylic acids is 1. The second-order valence-electron chi connectivity index (χ2n) is 4.75. The molecule has 0 heterocycles. The lowest BCUT2D eigenvalue weighted by Gasteiger charge is -2.16. The molecule has 20 heavy (non-hydrogen) atoms. The first kappa shape index (κ1) is 18.4. The van der Waals surface area contributed by atoms with Crippen molar-refractivity contribution in [2.75, 3.05) is 25.5 Å². The van der Waals surface area contributed by atoms with E-state index < -0.39 is 5.97 Å². The molecule has 0 saturated heterocycles. The minimum Gasteiger partial charge on any atom is -0.481 e. The van der Waals surface area contributed by atoms with E-state index in [1.54, 1.807) is 11.9 Å². The van der Waals surface area contributed by atoms with Gasteiger partial charge in [-0.1, -0.05) is 17.7 Å². The van der Waals surface area contributed by atoms with Crippen molar-refractivity contribution in [3.63, 3.8) is 0 Å². The molecular formula is C14H21ClN2O3. The number of hydrogen-bond donors (Lipinski definition) is 2. The first-order chi connectivity index (χ1) is 8.88. The molecule has 1 aromatic carbocycles. The van der Waals surface area contributed by atoms with Gasteiger partial charge in [0.2, 0.25) is 5.91 Å². The van der Waals surface area contributed by atoms with Crippen molar-refractivity contribution in [1.29, 1.82) is 0 Å². The zero-order valence-electron chi connectivity index (χ0n) is 12.0. The number of carbonyl (C=O) groups is 2. The molecule has 0 aliphatic rings. The van der Waals surface area contributed by atoms with Crippen LogP contribution in [-0.2, 0) is 9.59 Å². The molecule has 112 valence electrons. The Morgan fingerprint density at radius 2 is 1.95 bits per heavy atom. The maximum atomic E-state index is 11.8. The van der Waals surface area contributed by atoms with Crippen LogP contribution in [0, 0.1) is 13.8 Å². The van der Waals surface area contributed by atoms with Gasteiger partial charge in [-0.3, -0.25) is 14.5 Å². The van der Waals surface area contributed by atoms with Gasteiger partial charge in [0.1, 0.15) is 0 Å². The molecule has 0 saturated carbocycles. The van der Waals surface area contributed by atoms with E-state index >= 15 is 0 Å². The minimum atomic E-state index is -0.860. The lowest BCUT2D eigenvalue weighted by Crippen LogP contribution is -2.31. The van der Waals surface area contributed by atoms with Crippen molar-refractivity contribution in [1.82, 2.24) is 4.90 Å². The van der Waals surface area contributed by atoms with E-state index in [0.717, 1.165) is 16.8 Å². The van der Waals surface area contributed by atoms with Crippen LogP contribution < -0.4 is 5.32 Å². The smallest absolute Gasteiger partial charge is 0.304 e. The Labute approximate surface area is 125 Å². The van der Waals surface area contributed by atoms with Gasteiger partial charge < -0.3 is 10.4 Å². The summed E-state index contributed by atoms with van der Waals surface area (Å²) in [5.74, 6) is -0.999. The maximum Gasteiger partial charge on any atom is 0.304 e. The highest BCUT2D eigenvalue weighted by Crippen LogP contribution is 2.15. The maximum absolute atomic E-state index is 11.8. The standard InChI is InChI=1S/C14H20N2O3.ClH/c1-10-4-5-12(11(2)8-10)15-13(17)9-16(3)7-6-14(18)19;/h4-5,8H,6-7,9H2,1-3H3,(H,15,17)(H,18,19);1H. The van der Waals surface area contributed by atoms with E-state index in [4.69, 9.17) is 5.11 Å². The molecule has 0 unspecified atom stereocenters. The fraction of sp³-hybridized carbons (Fsp3) is 0.429. The third-order valence-corrected chi connectivity index (χ3v) is 2.78. The Morgan fingerprint density at radius 3 is 2.50 bits per heavy atom. The normalized spacial score (nSPS) is 10.0. The van der Waals surface area contributed by atoms with Crippen LogP contribution in [0.4, 0.5) is 5.69 Å². The summed E-state index contributed by atoms with van der Waals surface area (Å²) in [5, 5.41) is 11.4. The van der Waals surface area contributed by atoms with Gasteiger partial charge in [0.05, 0.1) is 13.0 Å². The van der Waals surface area contributed by atoms with Crippen LogP contribution in [-0.4, -0.2) is 42.0 Å². The van der Waals surface area contributed by atoms with E-state index in [1.165, 1.54) is 0 Å². The summed E-state index contributed by atoms with van der Waals surface area (Å²) in [6.07, 6.45) is 0.0351. The Balaban J connectivity index is 0.00000361. The van der Waals surface area contributed by atoms with Gasteiger partial charge in [-0.05, 0) is 32.5 Å². The molecule has 0 aromatic heterocycles. The molecule has 5 nitrogen and oxygen atoms in total. The Hall–Kier alpha value is -1.59. The van der Waals surface area contributed by atoms with E-state index in [1.807, 2.05) is 32.0 Å². The molecule has 1 aromatic rings. The first-order valence-corrected chi connectivity index (χ1v) is 6.16. The number of halogens is 1. The zero-order chi connectivity index (χ0) is 14.4. The number of nitrogens with one attached hydrogen (secondary N) is 1. The summed E-state index contributed by atoms with van der Waals surface area (Å²) in [6, 6.07) is 5.82. The van der Waals surface area contributed by atoms with Gasteiger partial charge in [-0.25, -0.2) is 0 Å². The van der Waals surface area contributed by atoms with Crippen LogP contribution in [0.3, 0.4) is 0 Å². The predicted molar refractivity (Wildman–Crippen MR) is 81.5 cm³/mol. The van der Waals surface area contributed by atoms with Gasteiger partial charge in [0.25, 0.3) is 0 Å². The van der Waals surface area contributed by atoms with Gasteiger partial charge in [-0.2, -0.15) is 0 Å². The summed E-state index contributed by atoms with van der Waals surface area (Å²) >= 11 is 0. The molecule has 6 heteroatoms. The fourth-order valence-corrected chi connectivity index (χ4v) is 1.75. The monoisotopic (exact) mass is 300 g/mol. The Kier molecular flexibility index (Phi) is 7.87. The third kappa shape index (κ3) is 6.54. The molecular weight excluding hydrogens is 280 g/mol. The van der Waals surface area contributed by atoms with E-state index in [2.05, 4.69) is 5.32 Å². The number of rotatable bonds is 6. The van der Waals surface area contributed by atoms with E-state index in [-0.39, 0.29) is 31.3 Å². The van der Waals surface area contributed by atoms with Gasteiger partial charge in [-0.15, -0.1) is 12.4 Å². The number of benzene rings is 1. The van der Waals surface area contributed by atoms with E-state index in [9.17, 15) is 9.59 Å². The second kappa shape index (κ2) is 8.55.